The van der Waals surface area contributed by atoms with Gasteiger partial charge in [0.1, 0.15) is 18.1 Å². The van der Waals surface area contributed by atoms with E-state index < -0.39 is 72.6 Å². The van der Waals surface area contributed by atoms with E-state index in [1.54, 1.807) is 13.8 Å². The van der Waals surface area contributed by atoms with E-state index in [0.29, 0.717) is 5.69 Å². The summed E-state index contributed by atoms with van der Waals surface area (Å²) in [6.07, 6.45) is 1.53. The Morgan fingerprint density at radius 1 is 0.972 bits per heavy atom. The van der Waals surface area contributed by atoms with Crippen LogP contribution in [-0.4, -0.2) is 79.9 Å². The molecule has 15 heteroatoms. The van der Waals surface area contributed by atoms with Gasteiger partial charge < -0.3 is 42.6 Å². The summed E-state index contributed by atoms with van der Waals surface area (Å²) >= 11 is 0. The maximum Gasteiger partial charge on any atom is 0.326 e. The molecule has 1 aromatic heterocycles. The highest BCUT2D eigenvalue weighted by Crippen LogP contribution is 2.07. The first-order valence-electron chi connectivity index (χ1n) is 11.2. The monoisotopic (exact) mass is 511 g/mol. The molecule has 1 aromatic rings. The van der Waals surface area contributed by atoms with Crippen LogP contribution in [0.5, 0.6) is 0 Å². The average molecular weight is 512 g/mol. The second-order valence-corrected chi connectivity index (χ2v) is 8.64. The number of nitrogens with two attached hydrogens (primary N) is 2. The van der Waals surface area contributed by atoms with Gasteiger partial charge in [-0.05, 0) is 18.8 Å². The van der Waals surface area contributed by atoms with Crippen molar-refractivity contribution in [2.45, 2.75) is 70.1 Å². The van der Waals surface area contributed by atoms with E-state index in [4.69, 9.17) is 16.6 Å². The van der Waals surface area contributed by atoms with Gasteiger partial charge in [0.15, 0.2) is 0 Å². The number of aromatic nitrogens is 2. The van der Waals surface area contributed by atoms with Crippen LogP contribution >= 0.6 is 0 Å². The lowest BCUT2D eigenvalue weighted by molar-refractivity contribution is -0.143. The zero-order chi connectivity index (χ0) is 27.4. The van der Waals surface area contributed by atoms with E-state index >= 15 is 0 Å². The van der Waals surface area contributed by atoms with E-state index in [2.05, 4.69) is 25.9 Å². The lowest BCUT2D eigenvalue weighted by atomic mass is 10.0. The predicted octanol–water partition coefficient (Wildman–Crippen LogP) is -2.40. The second kappa shape index (κ2) is 14.4. The van der Waals surface area contributed by atoms with Crippen molar-refractivity contribution in [3.8, 4) is 0 Å². The first kappa shape index (κ1) is 30.0. The molecule has 10 N–H and O–H groups in total. The van der Waals surface area contributed by atoms with Crippen molar-refractivity contribution in [3.05, 3.63) is 18.2 Å². The Kier molecular flexibility index (Phi) is 12.0. The number of carboxylic acid groups (broad SMARTS) is 2. The Labute approximate surface area is 206 Å². The quantitative estimate of drug-likeness (QED) is 0.117. The van der Waals surface area contributed by atoms with Crippen LogP contribution in [0.4, 0.5) is 0 Å². The number of rotatable bonds is 16. The predicted molar refractivity (Wildman–Crippen MR) is 124 cm³/mol. The van der Waals surface area contributed by atoms with Crippen LogP contribution in [-0.2, 0) is 35.2 Å². The molecule has 0 spiro atoms. The normalized spacial score (nSPS) is 14.2. The van der Waals surface area contributed by atoms with Gasteiger partial charge in [0, 0.05) is 24.7 Å². The van der Waals surface area contributed by atoms with Crippen molar-refractivity contribution in [3.63, 3.8) is 0 Å². The Hall–Kier alpha value is -4.01. The van der Waals surface area contributed by atoms with Crippen LogP contribution in [0.15, 0.2) is 12.5 Å². The van der Waals surface area contributed by atoms with E-state index in [9.17, 15) is 33.9 Å². The molecule has 0 aliphatic carbocycles. The SMILES string of the molecule is CC(C)CC(NC(=O)C(Cc1cnc[nH]1)NC(=O)C(CC(N)=O)NC(=O)C(N)CCC(=O)O)C(=O)O. The molecule has 0 saturated heterocycles. The minimum atomic E-state index is -1.52. The molecule has 0 saturated carbocycles. The lowest BCUT2D eigenvalue weighted by Crippen LogP contribution is -2.58. The summed E-state index contributed by atoms with van der Waals surface area (Å²) in [5.41, 5.74) is 11.3. The van der Waals surface area contributed by atoms with Crippen molar-refractivity contribution in [1.82, 2.24) is 25.9 Å². The van der Waals surface area contributed by atoms with Gasteiger partial charge >= 0.3 is 11.9 Å². The Morgan fingerprint density at radius 2 is 1.56 bits per heavy atom. The Balaban J connectivity index is 3.05. The maximum atomic E-state index is 13.0. The molecule has 1 heterocycles. The molecule has 4 atom stereocenters. The smallest absolute Gasteiger partial charge is 0.326 e. The fourth-order valence-electron chi connectivity index (χ4n) is 3.16. The molecule has 15 nitrogen and oxygen atoms in total. The first-order valence-corrected chi connectivity index (χ1v) is 11.2. The lowest BCUT2D eigenvalue weighted by Gasteiger charge is -2.25. The summed E-state index contributed by atoms with van der Waals surface area (Å²) in [5, 5.41) is 25.2. The number of carboxylic acids is 2. The third kappa shape index (κ3) is 10.9. The van der Waals surface area contributed by atoms with Crippen molar-refractivity contribution in [2.24, 2.45) is 17.4 Å². The zero-order valence-corrected chi connectivity index (χ0v) is 20.0. The van der Waals surface area contributed by atoms with Crippen LogP contribution in [0.2, 0.25) is 0 Å². The summed E-state index contributed by atoms with van der Waals surface area (Å²) in [5.74, 6) is -6.07. The summed E-state index contributed by atoms with van der Waals surface area (Å²) in [6.45, 7) is 3.56. The van der Waals surface area contributed by atoms with Crippen molar-refractivity contribution < 1.29 is 39.0 Å². The molecule has 0 aromatic carbocycles. The maximum absolute atomic E-state index is 13.0. The molecule has 200 valence electrons. The molecule has 4 amide bonds. The summed E-state index contributed by atoms with van der Waals surface area (Å²) in [4.78, 5) is 78.6. The third-order valence-corrected chi connectivity index (χ3v) is 4.98. The Bertz CT molecular complexity index is 935. The number of amides is 4. The second-order valence-electron chi connectivity index (χ2n) is 8.64. The van der Waals surface area contributed by atoms with Crippen LogP contribution < -0.4 is 27.4 Å². The Morgan fingerprint density at radius 3 is 2.06 bits per heavy atom. The van der Waals surface area contributed by atoms with E-state index in [0.717, 1.165) is 0 Å². The fourth-order valence-corrected chi connectivity index (χ4v) is 3.16. The molecule has 36 heavy (non-hydrogen) atoms. The molecule has 0 aliphatic rings. The van der Waals surface area contributed by atoms with Gasteiger partial charge in [0.2, 0.25) is 23.6 Å². The fraction of sp³-hybridized carbons (Fsp3) is 0.571. The van der Waals surface area contributed by atoms with Gasteiger partial charge in [-0.2, -0.15) is 0 Å². The number of carbonyl (C=O) groups is 6. The van der Waals surface area contributed by atoms with Gasteiger partial charge in [-0.15, -0.1) is 0 Å². The number of hydrogen-bond donors (Lipinski definition) is 8. The topological polar surface area (TPSA) is 260 Å². The molecule has 0 aliphatic heterocycles. The number of nitrogens with zero attached hydrogens (tertiary/aromatic N) is 1. The van der Waals surface area contributed by atoms with Crippen LogP contribution in [0, 0.1) is 5.92 Å². The number of H-pyrrole nitrogens is 1. The molecule has 0 radical (unpaired) electrons. The van der Waals surface area contributed by atoms with Gasteiger partial charge in [0.25, 0.3) is 0 Å². The first-order chi connectivity index (χ1) is 16.8. The summed E-state index contributed by atoms with van der Waals surface area (Å²) in [6, 6.07) is -5.32. The number of aliphatic carboxylic acids is 2. The molecule has 1 rings (SSSR count). The van der Waals surface area contributed by atoms with Crippen molar-refractivity contribution in [1.29, 1.82) is 0 Å². The molecular weight excluding hydrogens is 478 g/mol. The van der Waals surface area contributed by atoms with Crippen LogP contribution in [0.1, 0.15) is 45.2 Å². The van der Waals surface area contributed by atoms with Crippen molar-refractivity contribution >= 4 is 35.6 Å². The highest BCUT2D eigenvalue weighted by molar-refractivity contribution is 5.96. The number of nitrogens with one attached hydrogen (secondary N) is 4. The molecule has 0 bridgehead atoms. The van der Waals surface area contributed by atoms with Gasteiger partial charge in [-0.3, -0.25) is 24.0 Å². The molecule has 4 unspecified atom stereocenters. The number of aromatic amines is 1. The van der Waals surface area contributed by atoms with E-state index in [-0.39, 0.29) is 25.2 Å². The molecular formula is C21H33N7O8. The zero-order valence-electron chi connectivity index (χ0n) is 20.0. The number of carbonyl (C=O) groups excluding carboxylic acids is 4. The standard InChI is InChI=1S/C21H33N7O8/c1-10(2)5-15(21(35)36)28-19(33)13(6-11-8-24-9-25-11)27-20(34)14(7-16(23)29)26-18(32)12(22)3-4-17(30)31/h8-10,12-15H,3-7,22H2,1-2H3,(H2,23,29)(H,24,25)(H,26,32)(H,27,34)(H,28,33)(H,30,31)(H,35,36). The van der Waals surface area contributed by atoms with E-state index in [1.807, 2.05) is 0 Å². The summed E-state index contributed by atoms with van der Waals surface area (Å²) < 4.78 is 0. The van der Waals surface area contributed by atoms with Crippen LogP contribution in [0.3, 0.4) is 0 Å². The number of hydrogen-bond acceptors (Lipinski definition) is 8. The van der Waals surface area contributed by atoms with Crippen molar-refractivity contribution in [2.75, 3.05) is 0 Å². The minimum Gasteiger partial charge on any atom is -0.481 e. The number of primary amides is 1. The highest BCUT2D eigenvalue weighted by Gasteiger charge is 2.31. The van der Waals surface area contributed by atoms with Gasteiger partial charge in [-0.1, -0.05) is 13.8 Å². The number of imidazole rings is 1. The van der Waals surface area contributed by atoms with Gasteiger partial charge in [0.05, 0.1) is 18.8 Å². The largest absolute Gasteiger partial charge is 0.481 e. The molecule has 0 fully saturated rings. The average Bonchev–Trinajstić information content (AvgIpc) is 3.28. The van der Waals surface area contributed by atoms with E-state index in [1.165, 1.54) is 12.5 Å². The third-order valence-electron chi connectivity index (χ3n) is 4.98. The minimum absolute atomic E-state index is 0.0486. The summed E-state index contributed by atoms with van der Waals surface area (Å²) in [7, 11) is 0. The van der Waals surface area contributed by atoms with Crippen LogP contribution in [0.25, 0.3) is 0 Å². The highest BCUT2D eigenvalue weighted by atomic mass is 16.4. The van der Waals surface area contributed by atoms with Gasteiger partial charge in [-0.25, -0.2) is 9.78 Å².